The van der Waals surface area contributed by atoms with Gasteiger partial charge < -0.3 is 10.1 Å². The van der Waals surface area contributed by atoms with Crippen LogP contribution in [0.15, 0.2) is 36.8 Å². The molecule has 1 N–H and O–H groups in total. The summed E-state index contributed by atoms with van der Waals surface area (Å²) in [6, 6.07) is 6.40. The van der Waals surface area contributed by atoms with Gasteiger partial charge in [-0.05, 0) is 37.5 Å². The van der Waals surface area contributed by atoms with Gasteiger partial charge in [0.15, 0.2) is 5.82 Å². The molecule has 106 valence electrons. The monoisotopic (exact) mass is 272 g/mol. The van der Waals surface area contributed by atoms with Crippen LogP contribution in [0.3, 0.4) is 0 Å². The molecule has 5 nitrogen and oxygen atoms in total. The van der Waals surface area contributed by atoms with Crippen molar-refractivity contribution in [1.82, 2.24) is 14.8 Å². The Morgan fingerprint density at radius 2 is 2.40 bits per heavy atom. The molecule has 1 saturated heterocycles. The topological polar surface area (TPSA) is 52.0 Å². The van der Waals surface area contributed by atoms with E-state index in [1.54, 1.807) is 10.9 Å². The fourth-order valence-electron chi connectivity index (χ4n) is 2.54. The van der Waals surface area contributed by atoms with Crippen molar-refractivity contribution < 1.29 is 4.74 Å². The van der Waals surface area contributed by atoms with Crippen LogP contribution in [0.2, 0.25) is 0 Å². The molecular formula is C15H20N4O. The van der Waals surface area contributed by atoms with Crippen molar-refractivity contribution in [2.24, 2.45) is 0 Å². The standard InChI is InChI=1S/C15H20N4O/c1-2-14-10-12(6-9-20-14)18-13-4-5-15(16-11-13)19-8-3-7-17-19/h3-5,7-8,11-12,14,18H,2,6,9-10H2,1H3. The normalized spacial score (nSPS) is 22.6. The van der Waals surface area contributed by atoms with Crippen LogP contribution in [-0.2, 0) is 4.74 Å². The van der Waals surface area contributed by atoms with Crippen LogP contribution in [0.5, 0.6) is 0 Å². The van der Waals surface area contributed by atoms with E-state index in [1.165, 1.54) is 0 Å². The first kappa shape index (κ1) is 13.1. The van der Waals surface area contributed by atoms with E-state index in [0.29, 0.717) is 12.1 Å². The molecule has 2 aromatic heterocycles. The maximum atomic E-state index is 5.70. The zero-order chi connectivity index (χ0) is 13.8. The van der Waals surface area contributed by atoms with Crippen LogP contribution < -0.4 is 5.32 Å². The highest BCUT2D eigenvalue weighted by atomic mass is 16.5. The molecule has 0 saturated carbocycles. The van der Waals surface area contributed by atoms with Gasteiger partial charge in [-0.2, -0.15) is 5.10 Å². The highest BCUT2D eigenvalue weighted by molar-refractivity contribution is 5.44. The van der Waals surface area contributed by atoms with Gasteiger partial charge in [-0.1, -0.05) is 6.92 Å². The number of pyridine rings is 1. The molecule has 0 radical (unpaired) electrons. The van der Waals surface area contributed by atoms with E-state index >= 15 is 0 Å². The highest BCUT2D eigenvalue weighted by Gasteiger charge is 2.21. The summed E-state index contributed by atoms with van der Waals surface area (Å²) >= 11 is 0. The molecule has 1 aliphatic rings. The number of hydrogen-bond acceptors (Lipinski definition) is 4. The second-order valence-corrected chi connectivity index (χ2v) is 5.12. The third-order valence-corrected chi connectivity index (χ3v) is 3.68. The Kier molecular flexibility index (Phi) is 3.97. The summed E-state index contributed by atoms with van der Waals surface area (Å²) in [6.07, 6.45) is 9.09. The van der Waals surface area contributed by atoms with E-state index < -0.39 is 0 Å². The van der Waals surface area contributed by atoms with Gasteiger partial charge >= 0.3 is 0 Å². The van der Waals surface area contributed by atoms with Crippen molar-refractivity contribution in [2.75, 3.05) is 11.9 Å². The summed E-state index contributed by atoms with van der Waals surface area (Å²) in [5, 5.41) is 7.72. The zero-order valence-corrected chi connectivity index (χ0v) is 11.7. The molecule has 1 fully saturated rings. The summed E-state index contributed by atoms with van der Waals surface area (Å²) in [5.41, 5.74) is 1.06. The summed E-state index contributed by atoms with van der Waals surface area (Å²) < 4.78 is 7.45. The lowest BCUT2D eigenvalue weighted by Crippen LogP contribution is -2.33. The Bertz CT molecular complexity index is 523. The average Bonchev–Trinajstić information content (AvgIpc) is 3.02. The minimum Gasteiger partial charge on any atom is -0.381 e. The quantitative estimate of drug-likeness (QED) is 0.929. The van der Waals surface area contributed by atoms with Crippen LogP contribution in [0.1, 0.15) is 26.2 Å². The van der Waals surface area contributed by atoms with E-state index in [9.17, 15) is 0 Å². The molecule has 0 amide bonds. The predicted molar refractivity (Wildman–Crippen MR) is 78.0 cm³/mol. The van der Waals surface area contributed by atoms with Gasteiger partial charge in [-0.15, -0.1) is 0 Å². The van der Waals surface area contributed by atoms with Crippen LogP contribution in [-0.4, -0.2) is 33.5 Å². The smallest absolute Gasteiger partial charge is 0.153 e. The lowest BCUT2D eigenvalue weighted by Gasteiger charge is -2.30. The first-order valence-corrected chi connectivity index (χ1v) is 7.19. The van der Waals surface area contributed by atoms with Gasteiger partial charge in [0.05, 0.1) is 18.0 Å². The van der Waals surface area contributed by atoms with Crippen molar-refractivity contribution in [3.8, 4) is 5.82 Å². The van der Waals surface area contributed by atoms with Gasteiger partial charge in [0, 0.05) is 25.0 Å². The highest BCUT2D eigenvalue weighted by Crippen LogP contribution is 2.20. The molecule has 0 spiro atoms. The summed E-state index contributed by atoms with van der Waals surface area (Å²) in [7, 11) is 0. The van der Waals surface area contributed by atoms with Crippen LogP contribution in [0.25, 0.3) is 5.82 Å². The number of rotatable bonds is 4. The molecule has 3 heterocycles. The number of nitrogens with one attached hydrogen (secondary N) is 1. The largest absolute Gasteiger partial charge is 0.381 e. The van der Waals surface area contributed by atoms with Crippen LogP contribution in [0, 0.1) is 0 Å². The van der Waals surface area contributed by atoms with Crippen LogP contribution in [0.4, 0.5) is 5.69 Å². The third kappa shape index (κ3) is 2.99. The first-order valence-electron chi connectivity index (χ1n) is 7.19. The SMILES string of the molecule is CCC1CC(Nc2ccc(-n3cccn3)nc2)CCO1. The van der Waals surface area contributed by atoms with Gasteiger partial charge in [-0.25, -0.2) is 9.67 Å². The second-order valence-electron chi connectivity index (χ2n) is 5.12. The van der Waals surface area contributed by atoms with Crippen molar-refractivity contribution in [3.05, 3.63) is 36.8 Å². The Morgan fingerprint density at radius 1 is 1.45 bits per heavy atom. The molecular weight excluding hydrogens is 252 g/mol. The van der Waals surface area contributed by atoms with E-state index in [1.807, 2.05) is 24.5 Å². The van der Waals surface area contributed by atoms with Gasteiger partial charge in [0.1, 0.15) is 0 Å². The van der Waals surface area contributed by atoms with Crippen LogP contribution >= 0.6 is 0 Å². The predicted octanol–water partition coefficient (Wildman–Crippen LogP) is 2.64. The summed E-state index contributed by atoms with van der Waals surface area (Å²) in [5.74, 6) is 0.832. The molecule has 0 bridgehead atoms. The maximum Gasteiger partial charge on any atom is 0.153 e. The molecule has 5 heteroatoms. The van der Waals surface area contributed by atoms with E-state index in [4.69, 9.17) is 4.74 Å². The van der Waals surface area contributed by atoms with Crippen molar-refractivity contribution in [3.63, 3.8) is 0 Å². The van der Waals surface area contributed by atoms with E-state index in [0.717, 1.165) is 37.4 Å². The zero-order valence-electron chi connectivity index (χ0n) is 11.7. The third-order valence-electron chi connectivity index (χ3n) is 3.68. The lowest BCUT2D eigenvalue weighted by molar-refractivity contribution is 0.00925. The van der Waals surface area contributed by atoms with E-state index in [2.05, 4.69) is 28.4 Å². The van der Waals surface area contributed by atoms with Gasteiger partial charge in [0.2, 0.25) is 0 Å². The number of anilines is 1. The Labute approximate surface area is 119 Å². The maximum absolute atomic E-state index is 5.70. The number of nitrogens with zero attached hydrogens (tertiary/aromatic N) is 3. The molecule has 2 atom stereocenters. The Morgan fingerprint density at radius 3 is 3.10 bits per heavy atom. The Balaban J connectivity index is 1.63. The van der Waals surface area contributed by atoms with E-state index in [-0.39, 0.29) is 0 Å². The minimum absolute atomic E-state index is 0.387. The second kappa shape index (κ2) is 6.05. The van der Waals surface area contributed by atoms with Crippen molar-refractivity contribution in [2.45, 2.75) is 38.3 Å². The first-order chi connectivity index (χ1) is 9.85. The van der Waals surface area contributed by atoms with Crippen molar-refractivity contribution >= 4 is 5.69 Å². The molecule has 0 aromatic carbocycles. The van der Waals surface area contributed by atoms with Gasteiger partial charge in [0.25, 0.3) is 0 Å². The molecule has 2 unspecified atom stereocenters. The van der Waals surface area contributed by atoms with Gasteiger partial charge in [-0.3, -0.25) is 0 Å². The average molecular weight is 272 g/mol. The number of hydrogen-bond donors (Lipinski definition) is 1. The molecule has 0 aliphatic carbocycles. The fourth-order valence-corrected chi connectivity index (χ4v) is 2.54. The number of aromatic nitrogens is 3. The molecule has 2 aromatic rings. The molecule has 1 aliphatic heterocycles. The summed E-state index contributed by atoms with van der Waals surface area (Å²) in [4.78, 5) is 4.43. The summed E-state index contributed by atoms with van der Waals surface area (Å²) in [6.45, 7) is 3.02. The fraction of sp³-hybridized carbons (Fsp3) is 0.467. The lowest BCUT2D eigenvalue weighted by atomic mass is 10.0. The minimum atomic E-state index is 0.387. The van der Waals surface area contributed by atoms with Crippen molar-refractivity contribution in [1.29, 1.82) is 0 Å². The Hall–Kier alpha value is -1.88. The molecule has 3 rings (SSSR count). The number of ether oxygens (including phenoxy) is 1. The molecule has 20 heavy (non-hydrogen) atoms.